The van der Waals surface area contributed by atoms with Crippen LogP contribution >= 0.6 is 11.6 Å². The van der Waals surface area contributed by atoms with Gasteiger partial charge in [0.15, 0.2) is 5.82 Å². The molecule has 0 saturated carbocycles. The molecule has 0 atom stereocenters. The van der Waals surface area contributed by atoms with Gasteiger partial charge in [-0.05, 0) is 31.2 Å². The highest BCUT2D eigenvalue weighted by molar-refractivity contribution is 6.35. The van der Waals surface area contributed by atoms with Crippen molar-refractivity contribution in [1.29, 1.82) is 0 Å². The van der Waals surface area contributed by atoms with Crippen molar-refractivity contribution < 1.29 is 0 Å². The predicted octanol–water partition coefficient (Wildman–Crippen LogP) is 3.94. The molecule has 6 rings (SSSR count). The van der Waals surface area contributed by atoms with Crippen LogP contribution in [0.3, 0.4) is 0 Å². The highest BCUT2D eigenvalue weighted by Crippen LogP contribution is 2.36. The number of benzene rings is 2. The Hall–Kier alpha value is -4.57. The van der Waals surface area contributed by atoms with E-state index in [9.17, 15) is 0 Å². The smallest absolute Gasteiger partial charge is 0.222 e. The first-order valence-electron chi connectivity index (χ1n) is 10.3. The van der Waals surface area contributed by atoms with Gasteiger partial charge < -0.3 is 16.5 Å². The van der Waals surface area contributed by atoms with Gasteiger partial charge >= 0.3 is 0 Å². The van der Waals surface area contributed by atoms with E-state index in [1.165, 1.54) is 6.33 Å². The second kappa shape index (κ2) is 7.49. The summed E-state index contributed by atoms with van der Waals surface area (Å²) in [5.41, 5.74) is 17.1. The predicted molar refractivity (Wildman–Crippen MR) is 131 cm³/mol. The van der Waals surface area contributed by atoms with Crippen LogP contribution < -0.4 is 11.5 Å². The van der Waals surface area contributed by atoms with Crippen LogP contribution in [0.5, 0.6) is 0 Å². The van der Waals surface area contributed by atoms with Crippen LogP contribution in [-0.4, -0.2) is 39.7 Å². The zero-order valence-corrected chi connectivity index (χ0v) is 18.6. The van der Waals surface area contributed by atoms with Gasteiger partial charge in [-0.3, -0.25) is 9.55 Å². The molecule has 6 aromatic rings. The second-order valence-corrected chi connectivity index (χ2v) is 8.13. The van der Waals surface area contributed by atoms with Gasteiger partial charge in [0.2, 0.25) is 5.95 Å². The van der Waals surface area contributed by atoms with Crippen molar-refractivity contribution in [1.82, 2.24) is 39.7 Å². The first-order chi connectivity index (χ1) is 16.5. The maximum absolute atomic E-state index is 6.43. The van der Waals surface area contributed by atoms with Gasteiger partial charge in [0.25, 0.3) is 0 Å². The van der Waals surface area contributed by atoms with Gasteiger partial charge in [-0.15, -0.1) is 10.2 Å². The number of para-hydroxylation sites is 1. The summed E-state index contributed by atoms with van der Waals surface area (Å²) in [6, 6.07) is 13.3. The van der Waals surface area contributed by atoms with Crippen molar-refractivity contribution in [2.45, 2.75) is 6.92 Å². The quantitative estimate of drug-likeness (QED) is 0.353. The molecule has 4 aromatic heterocycles. The summed E-state index contributed by atoms with van der Waals surface area (Å²) in [7, 11) is 0. The number of aromatic nitrogens is 8. The number of hydrogen-bond donors (Lipinski definition) is 3. The Labute approximate surface area is 197 Å². The molecule has 34 heavy (non-hydrogen) atoms. The standard InChI is InChI=1S/C23H17ClN10/c1-11-30-21-14(22-28-10-29-33-22)7-12(16-9-19(25)32-23(26)31-16)8-18(21)34(11)17-5-6-27-20-13(17)3-2-4-15(20)24/h2-10H,1H3,(H,28,29,33)(H4,25,26,31,32). The fourth-order valence-corrected chi connectivity index (χ4v) is 4.44. The molecule has 11 heteroatoms. The molecule has 0 bridgehead atoms. The number of hydrogen-bond acceptors (Lipinski definition) is 8. The number of fused-ring (bicyclic) bond motifs is 2. The van der Waals surface area contributed by atoms with E-state index in [0.29, 0.717) is 22.1 Å². The molecule has 4 heterocycles. The van der Waals surface area contributed by atoms with Crippen molar-refractivity contribution in [3.63, 3.8) is 0 Å². The third-order valence-electron chi connectivity index (χ3n) is 5.60. The van der Waals surface area contributed by atoms with Gasteiger partial charge in [0.05, 0.1) is 27.4 Å². The van der Waals surface area contributed by atoms with E-state index >= 15 is 0 Å². The maximum atomic E-state index is 6.43. The maximum Gasteiger partial charge on any atom is 0.222 e. The minimum atomic E-state index is 0.0933. The molecule has 2 aromatic carbocycles. The fourth-order valence-electron chi connectivity index (χ4n) is 4.22. The number of pyridine rings is 1. The van der Waals surface area contributed by atoms with Crippen LogP contribution in [0.15, 0.2) is 55.0 Å². The molecule has 5 N–H and O–H groups in total. The van der Waals surface area contributed by atoms with Crippen LogP contribution in [0.1, 0.15) is 5.82 Å². The summed E-state index contributed by atoms with van der Waals surface area (Å²) in [4.78, 5) is 20.8. The number of rotatable bonds is 3. The first kappa shape index (κ1) is 20.1. The van der Waals surface area contributed by atoms with Crippen LogP contribution in [-0.2, 0) is 0 Å². The number of aryl methyl sites for hydroxylation is 1. The average molecular weight is 469 g/mol. The normalized spacial score (nSPS) is 11.5. The molecular formula is C23H17ClN10. The third-order valence-corrected chi connectivity index (χ3v) is 5.90. The van der Waals surface area contributed by atoms with Crippen molar-refractivity contribution in [2.24, 2.45) is 0 Å². The molecule has 0 aliphatic rings. The zero-order chi connectivity index (χ0) is 23.4. The lowest BCUT2D eigenvalue weighted by Crippen LogP contribution is -2.01. The Morgan fingerprint density at radius 3 is 2.68 bits per heavy atom. The summed E-state index contributed by atoms with van der Waals surface area (Å²) >= 11 is 6.43. The number of nitrogens with one attached hydrogen (secondary N) is 1. The van der Waals surface area contributed by atoms with Gasteiger partial charge in [-0.2, -0.15) is 4.98 Å². The van der Waals surface area contributed by atoms with Crippen LogP contribution in [0.2, 0.25) is 5.02 Å². The topological polar surface area (TPSA) is 150 Å². The average Bonchev–Trinajstić information content (AvgIpc) is 3.45. The number of aromatic amines is 1. The fraction of sp³-hybridized carbons (Fsp3) is 0.0435. The Bertz CT molecular complexity index is 1680. The van der Waals surface area contributed by atoms with Crippen molar-refractivity contribution in [2.75, 3.05) is 11.5 Å². The number of anilines is 2. The van der Waals surface area contributed by atoms with Crippen molar-refractivity contribution in [3.8, 4) is 28.3 Å². The van der Waals surface area contributed by atoms with E-state index in [4.69, 9.17) is 28.1 Å². The number of H-pyrrole nitrogens is 1. The molecule has 0 radical (unpaired) electrons. The lowest BCUT2D eigenvalue weighted by Gasteiger charge is -2.12. The van der Waals surface area contributed by atoms with Gasteiger partial charge in [0, 0.05) is 28.8 Å². The SMILES string of the molecule is Cc1nc2c(-c3nnc[nH]3)cc(-c3cc(N)nc(N)n3)cc2n1-c1ccnc2c(Cl)cccc12. The highest BCUT2D eigenvalue weighted by atomic mass is 35.5. The monoisotopic (exact) mass is 468 g/mol. The summed E-state index contributed by atoms with van der Waals surface area (Å²) in [6.07, 6.45) is 3.26. The molecule has 166 valence electrons. The minimum Gasteiger partial charge on any atom is -0.384 e. The molecular weight excluding hydrogens is 452 g/mol. The number of nitrogens with zero attached hydrogens (tertiary/aromatic N) is 7. The number of nitrogens with two attached hydrogens (primary N) is 2. The Morgan fingerprint density at radius 1 is 1.00 bits per heavy atom. The number of imidazole rings is 1. The lowest BCUT2D eigenvalue weighted by molar-refractivity contribution is 1.01. The number of halogens is 1. The highest BCUT2D eigenvalue weighted by Gasteiger charge is 2.20. The van der Waals surface area contributed by atoms with Gasteiger partial charge in [0.1, 0.15) is 23.5 Å². The zero-order valence-electron chi connectivity index (χ0n) is 17.9. The Kier molecular flexibility index (Phi) is 4.42. The summed E-state index contributed by atoms with van der Waals surface area (Å²) in [5.74, 6) is 1.73. The van der Waals surface area contributed by atoms with Gasteiger partial charge in [-0.1, -0.05) is 23.7 Å². The Morgan fingerprint density at radius 2 is 1.88 bits per heavy atom. The molecule has 0 aliphatic carbocycles. The van der Waals surface area contributed by atoms with Crippen LogP contribution in [0.25, 0.3) is 50.3 Å². The summed E-state index contributed by atoms with van der Waals surface area (Å²) in [5, 5.41) is 9.64. The van der Waals surface area contributed by atoms with Gasteiger partial charge in [-0.25, -0.2) is 9.97 Å². The van der Waals surface area contributed by atoms with Crippen molar-refractivity contribution in [3.05, 3.63) is 65.8 Å². The molecule has 0 unspecified atom stereocenters. The van der Waals surface area contributed by atoms with Crippen molar-refractivity contribution >= 4 is 45.3 Å². The van der Waals surface area contributed by atoms with E-state index < -0.39 is 0 Å². The van der Waals surface area contributed by atoms with E-state index in [1.54, 1.807) is 12.3 Å². The minimum absolute atomic E-state index is 0.0933. The van der Waals surface area contributed by atoms with Crippen LogP contribution in [0.4, 0.5) is 11.8 Å². The molecule has 0 aliphatic heterocycles. The van der Waals surface area contributed by atoms with E-state index in [1.807, 2.05) is 43.3 Å². The second-order valence-electron chi connectivity index (χ2n) is 7.73. The summed E-state index contributed by atoms with van der Waals surface area (Å²) in [6.45, 7) is 1.95. The van der Waals surface area contributed by atoms with E-state index in [2.05, 4.69) is 34.7 Å². The van der Waals surface area contributed by atoms with Crippen LogP contribution in [0, 0.1) is 6.92 Å². The number of nitrogen functional groups attached to an aromatic ring is 2. The van der Waals surface area contributed by atoms with E-state index in [0.717, 1.165) is 39.1 Å². The molecule has 0 amide bonds. The Balaban J connectivity index is 1.72. The molecule has 0 saturated heterocycles. The molecule has 0 spiro atoms. The first-order valence-corrected chi connectivity index (χ1v) is 10.7. The lowest BCUT2D eigenvalue weighted by atomic mass is 10.0. The summed E-state index contributed by atoms with van der Waals surface area (Å²) < 4.78 is 2.06. The molecule has 0 fully saturated rings. The third kappa shape index (κ3) is 3.11. The van der Waals surface area contributed by atoms with E-state index in [-0.39, 0.29) is 11.8 Å². The largest absolute Gasteiger partial charge is 0.384 e. The molecule has 10 nitrogen and oxygen atoms in total.